The van der Waals surface area contributed by atoms with Gasteiger partial charge < -0.3 is 0 Å². The number of aromatic nitrogens is 1. The van der Waals surface area contributed by atoms with Gasteiger partial charge in [-0.1, -0.05) is 0 Å². The molecule has 0 aliphatic carbocycles. The summed E-state index contributed by atoms with van der Waals surface area (Å²) < 4.78 is 13.7. The Hall–Kier alpha value is -1.47. The van der Waals surface area contributed by atoms with Crippen LogP contribution in [0.1, 0.15) is 5.01 Å². The molecule has 2 aromatic rings. The van der Waals surface area contributed by atoms with Gasteiger partial charge in [-0.25, -0.2) is 9.37 Å². The first-order valence-corrected chi connectivity index (χ1v) is 4.53. The first kappa shape index (κ1) is 8.14. The first-order chi connectivity index (χ1) is 6.29. The van der Waals surface area contributed by atoms with E-state index in [1.54, 1.807) is 6.07 Å². The van der Waals surface area contributed by atoms with Gasteiger partial charge in [-0.15, -0.1) is 11.3 Å². The molecule has 0 saturated carbocycles. The van der Waals surface area contributed by atoms with Crippen molar-refractivity contribution in [1.29, 1.82) is 5.26 Å². The van der Waals surface area contributed by atoms with Crippen molar-refractivity contribution in [3.63, 3.8) is 0 Å². The largest absolute Gasteiger partial charge is 0.240 e. The molecule has 0 atom stereocenters. The summed E-state index contributed by atoms with van der Waals surface area (Å²) in [5.41, 5.74) is 0.634. The third-order valence-corrected chi connectivity index (χ3v) is 2.66. The molecule has 2 nitrogen and oxygen atoms in total. The lowest BCUT2D eigenvalue weighted by Gasteiger charge is -1.85. The molecule has 0 radical (unpaired) electrons. The number of hydrogen-bond donors (Lipinski definition) is 0. The molecule has 0 fully saturated rings. The number of nitrogens with zero attached hydrogens (tertiary/aromatic N) is 2. The summed E-state index contributed by atoms with van der Waals surface area (Å²) in [7, 11) is 0. The smallest absolute Gasteiger partial charge is 0.125 e. The summed E-state index contributed by atoms with van der Waals surface area (Å²) >= 11 is 1.43. The topological polar surface area (TPSA) is 36.7 Å². The van der Waals surface area contributed by atoms with Crippen molar-refractivity contribution in [2.24, 2.45) is 0 Å². The van der Waals surface area contributed by atoms with Crippen LogP contribution in [0, 0.1) is 17.1 Å². The second-order valence-corrected chi connectivity index (χ2v) is 3.67. The van der Waals surface area contributed by atoms with Gasteiger partial charge in [-0.2, -0.15) is 5.26 Å². The summed E-state index contributed by atoms with van der Waals surface area (Å²) in [6.07, 6.45) is 0.293. The van der Waals surface area contributed by atoms with E-state index in [1.165, 1.54) is 23.5 Å². The molecule has 64 valence electrons. The molecular weight excluding hydrogens is 187 g/mol. The zero-order valence-electron chi connectivity index (χ0n) is 6.62. The van der Waals surface area contributed by atoms with E-state index in [1.807, 2.05) is 6.07 Å². The predicted octanol–water partition coefficient (Wildman–Crippen LogP) is 2.50. The molecule has 0 bridgehead atoms. The first-order valence-electron chi connectivity index (χ1n) is 3.71. The van der Waals surface area contributed by atoms with Crippen LogP contribution in [-0.4, -0.2) is 4.98 Å². The molecule has 0 spiro atoms. The van der Waals surface area contributed by atoms with E-state index in [0.29, 0.717) is 11.9 Å². The Morgan fingerprint density at radius 3 is 3.15 bits per heavy atom. The number of thiazole rings is 1. The fourth-order valence-electron chi connectivity index (χ4n) is 1.09. The van der Waals surface area contributed by atoms with Crippen molar-refractivity contribution in [2.45, 2.75) is 6.42 Å². The molecular formula is C9H5FN2S. The lowest BCUT2D eigenvalue weighted by Crippen LogP contribution is -1.77. The Morgan fingerprint density at radius 1 is 1.54 bits per heavy atom. The SMILES string of the molecule is N#CCc1nc2cc(F)ccc2s1. The van der Waals surface area contributed by atoms with E-state index >= 15 is 0 Å². The highest BCUT2D eigenvalue weighted by Gasteiger charge is 2.03. The van der Waals surface area contributed by atoms with E-state index in [9.17, 15) is 4.39 Å². The average molecular weight is 192 g/mol. The lowest BCUT2D eigenvalue weighted by atomic mass is 10.3. The van der Waals surface area contributed by atoms with Gasteiger partial charge in [0.1, 0.15) is 10.8 Å². The molecule has 1 aromatic carbocycles. The number of hydrogen-bond acceptors (Lipinski definition) is 3. The third-order valence-electron chi connectivity index (χ3n) is 1.62. The van der Waals surface area contributed by atoms with E-state index in [-0.39, 0.29) is 5.82 Å². The lowest BCUT2D eigenvalue weighted by molar-refractivity contribution is 0.629. The van der Waals surface area contributed by atoms with Crippen LogP contribution in [0.3, 0.4) is 0 Å². The molecule has 1 heterocycles. The number of fused-ring (bicyclic) bond motifs is 1. The zero-order valence-corrected chi connectivity index (χ0v) is 7.44. The summed E-state index contributed by atoms with van der Waals surface area (Å²) in [6, 6.07) is 6.48. The van der Waals surface area contributed by atoms with E-state index in [4.69, 9.17) is 5.26 Å². The highest BCUT2D eigenvalue weighted by atomic mass is 32.1. The number of nitriles is 1. The second kappa shape index (κ2) is 3.11. The Labute approximate surface area is 78.3 Å². The standard InChI is InChI=1S/C9H5FN2S/c10-6-1-2-8-7(5-6)12-9(13-8)3-4-11/h1-2,5H,3H2. The highest BCUT2D eigenvalue weighted by Crippen LogP contribution is 2.22. The number of rotatable bonds is 1. The van der Waals surface area contributed by atoms with Crippen molar-refractivity contribution in [1.82, 2.24) is 4.98 Å². The van der Waals surface area contributed by atoms with E-state index in [2.05, 4.69) is 4.98 Å². The van der Waals surface area contributed by atoms with Gasteiger partial charge in [0.2, 0.25) is 0 Å². The van der Waals surface area contributed by atoms with Crippen molar-refractivity contribution in [2.75, 3.05) is 0 Å². The maximum atomic E-state index is 12.7. The Balaban J connectivity index is 2.57. The molecule has 13 heavy (non-hydrogen) atoms. The number of halogens is 1. The van der Waals surface area contributed by atoms with Crippen LogP contribution in [0.2, 0.25) is 0 Å². The van der Waals surface area contributed by atoms with Crippen LogP contribution >= 0.6 is 11.3 Å². The molecule has 0 saturated heterocycles. The third kappa shape index (κ3) is 1.51. The molecule has 0 aliphatic rings. The molecule has 2 rings (SSSR count). The van der Waals surface area contributed by atoms with E-state index in [0.717, 1.165) is 9.71 Å². The van der Waals surface area contributed by atoms with Crippen molar-refractivity contribution in [3.05, 3.63) is 29.0 Å². The minimum absolute atomic E-state index is 0.290. The minimum Gasteiger partial charge on any atom is -0.240 e. The van der Waals surface area contributed by atoms with Gasteiger partial charge in [0, 0.05) is 6.07 Å². The average Bonchev–Trinajstić information content (AvgIpc) is 2.46. The van der Waals surface area contributed by atoms with Crippen molar-refractivity contribution >= 4 is 21.6 Å². The number of benzene rings is 1. The summed E-state index contributed by atoms with van der Waals surface area (Å²) in [5.74, 6) is -0.290. The van der Waals surface area contributed by atoms with Gasteiger partial charge >= 0.3 is 0 Å². The van der Waals surface area contributed by atoms with Gasteiger partial charge in [0.15, 0.2) is 0 Å². The van der Waals surface area contributed by atoms with Crippen LogP contribution in [-0.2, 0) is 6.42 Å². The summed E-state index contributed by atoms with van der Waals surface area (Å²) in [6.45, 7) is 0. The Kier molecular flexibility index (Phi) is 1.95. The van der Waals surface area contributed by atoms with E-state index < -0.39 is 0 Å². The zero-order chi connectivity index (χ0) is 9.26. The maximum Gasteiger partial charge on any atom is 0.125 e. The fraction of sp³-hybridized carbons (Fsp3) is 0.111. The summed E-state index contributed by atoms with van der Waals surface area (Å²) in [5, 5.41) is 9.18. The molecule has 0 N–H and O–H groups in total. The monoisotopic (exact) mass is 192 g/mol. The summed E-state index contributed by atoms with van der Waals surface area (Å²) in [4.78, 5) is 4.12. The van der Waals surface area contributed by atoms with Crippen LogP contribution in [0.4, 0.5) is 4.39 Å². The molecule has 4 heteroatoms. The van der Waals surface area contributed by atoms with Gasteiger partial charge in [-0.3, -0.25) is 0 Å². The Morgan fingerprint density at radius 2 is 2.38 bits per heavy atom. The van der Waals surface area contributed by atoms with Crippen LogP contribution in [0.25, 0.3) is 10.2 Å². The highest BCUT2D eigenvalue weighted by molar-refractivity contribution is 7.18. The quantitative estimate of drug-likeness (QED) is 0.696. The molecule has 0 unspecified atom stereocenters. The maximum absolute atomic E-state index is 12.7. The minimum atomic E-state index is -0.290. The molecule has 0 amide bonds. The van der Waals surface area contributed by atoms with Crippen LogP contribution in [0.15, 0.2) is 18.2 Å². The Bertz CT molecular complexity index is 484. The molecule has 0 aliphatic heterocycles. The van der Waals surface area contributed by atoms with Gasteiger partial charge in [0.25, 0.3) is 0 Å². The van der Waals surface area contributed by atoms with Gasteiger partial charge in [-0.05, 0) is 12.1 Å². The fourth-order valence-corrected chi connectivity index (χ4v) is 1.97. The van der Waals surface area contributed by atoms with Crippen molar-refractivity contribution in [3.8, 4) is 6.07 Å². The predicted molar refractivity (Wildman–Crippen MR) is 48.9 cm³/mol. The normalized spacial score (nSPS) is 10.2. The van der Waals surface area contributed by atoms with Crippen molar-refractivity contribution < 1.29 is 4.39 Å². The second-order valence-electron chi connectivity index (χ2n) is 2.55. The van der Waals surface area contributed by atoms with Crippen LogP contribution in [0.5, 0.6) is 0 Å². The van der Waals surface area contributed by atoms with Crippen LogP contribution < -0.4 is 0 Å². The van der Waals surface area contributed by atoms with Gasteiger partial charge in [0.05, 0.1) is 22.7 Å². The molecule has 1 aromatic heterocycles.